The van der Waals surface area contributed by atoms with Crippen molar-refractivity contribution in [3.8, 4) is 23.0 Å². The van der Waals surface area contributed by atoms with Crippen LogP contribution in [0.2, 0.25) is 5.02 Å². The number of anilines is 1. The van der Waals surface area contributed by atoms with Gasteiger partial charge in [0.1, 0.15) is 18.9 Å². The Morgan fingerprint density at radius 2 is 1.82 bits per heavy atom. The average Bonchev–Trinajstić information content (AvgIpc) is 2.91. The van der Waals surface area contributed by atoms with E-state index in [1.807, 2.05) is 31.1 Å². The summed E-state index contributed by atoms with van der Waals surface area (Å²) in [5.41, 5.74) is 1.69. The number of rotatable bonds is 4. The maximum Gasteiger partial charge on any atom is 0.254 e. The third-order valence-corrected chi connectivity index (χ3v) is 6.15. The highest BCUT2D eigenvalue weighted by Crippen LogP contribution is 2.36. The minimum Gasteiger partial charge on any atom is -0.496 e. The van der Waals surface area contributed by atoms with Crippen molar-refractivity contribution in [2.75, 3.05) is 59.4 Å². The van der Waals surface area contributed by atoms with Crippen LogP contribution in [0, 0.1) is 0 Å². The Hall–Kier alpha value is -3.79. The molecule has 9 nitrogen and oxygen atoms in total. The third kappa shape index (κ3) is 7.63. The highest BCUT2D eigenvalue weighted by molar-refractivity contribution is 6.31. The van der Waals surface area contributed by atoms with Crippen LogP contribution in [0.3, 0.4) is 0 Å². The Kier molecular flexibility index (Phi) is 9.64. The number of fused-ring (bicyclic) bond motifs is 2. The van der Waals surface area contributed by atoms with Crippen LogP contribution in [0.4, 0.5) is 5.69 Å². The van der Waals surface area contributed by atoms with Crippen LogP contribution in [-0.2, 0) is 16.1 Å². The van der Waals surface area contributed by atoms with Crippen molar-refractivity contribution in [2.45, 2.75) is 6.54 Å². The third-order valence-electron chi connectivity index (χ3n) is 5.91. The predicted octanol–water partition coefficient (Wildman–Crippen LogP) is 4.69. The van der Waals surface area contributed by atoms with E-state index in [-0.39, 0.29) is 32.2 Å². The van der Waals surface area contributed by atoms with Crippen molar-refractivity contribution in [2.24, 2.45) is 0 Å². The molecule has 1 aliphatic heterocycles. The second kappa shape index (κ2) is 13.3. The maximum atomic E-state index is 13.6. The molecule has 0 radical (unpaired) electrons. The molecule has 1 N–H and O–H groups in total. The first-order valence-electron chi connectivity index (χ1n) is 12.5. The van der Waals surface area contributed by atoms with Crippen molar-refractivity contribution in [1.29, 1.82) is 0 Å². The Morgan fingerprint density at radius 3 is 2.59 bits per heavy atom. The lowest BCUT2D eigenvalue weighted by Gasteiger charge is -2.23. The van der Waals surface area contributed by atoms with Crippen LogP contribution in [0.1, 0.15) is 15.9 Å². The fraction of sp³-hybridized carbons (Fsp3) is 0.310. The van der Waals surface area contributed by atoms with Crippen molar-refractivity contribution < 1.29 is 28.5 Å². The zero-order chi connectivity index (χ0) is 27.8. The van der Waals surface area contributed by atoms with Crippen molar-refractivity contribution in [3.05, 3.63) is 76.8 Å². The predicted molar refractivity (Wildman–Crippen MR) is 149 cm³/mol. The van der Waals surface area contributed by atoms with Crippen LogP contribution < -0.4 is 19.5 Å². The van der Waals surface area contributed by atoms with E-state index in [2.05, 4.69) is 5.32 Å². The van der Waals surface area contributed by atoms with Crippen molar-refractivity contribution >= 4 is 29.1 Å². The van der Waals surface area contributed by atoms with E-state index < -0.39 is 5.91 Å². The Bertz CT molecular complexity index is 1320. The van der Waals surface area contributed by atoms with Crippen molar-refractivity contribution in [3.63, 3.8) is 0 Å². The van der Waals surface area contributed by atoms with Gasteiger partial charge in [-0.3, -0.25) is 9.59 Å². The molecule has 206 valence electrons. The molecule has 10 heteroatoms. The lowest BCUT2D eigenvalue weighted by molar-refractivity contribution is -0.117. The summed E-state index contributed by atoms with van der Waals surface area (Å²) in [5.74, 6) is 1.39. The molecule has 0 aliphatic carbocycles. The molecule has 0 aromatic heterocycles. The van der Waals surface area contributed by atoms with E-state index >= 15 is 0 Å². The monoisotopic (exact) mass is 553 g/mol. The van der Waals surface area contributed by atoms with Gasteiger partial charge < -0.3 is 34.1 Å². The van der Waals surface area contributed by atoms with Gasteiger partial charge in [-0.05, 0) is 62.6 Å². The van der Waals surface area contributed by atoms with Crippen LogP contribution in [0.15, 0.2) is 60.7 Å². The summed E-state index contributed by atoms with van der Waals surface area (Å²) in [7, 11) is 5.47. The molecular formula is C29H32ClN3O6. The van der Waals surface area contributed by atoms with Gasteiger partial charge in [0.25, 0.3) is 5.91 Å². The molecule has 4 rings (SSSR count). The fourth-order valence-electron chi connectivity index (χ4n) is 4.12. The zero-order valence-corrected chi connectivity index (χ0v) is 23.0. The molecule has 0 saturated carbocycles. The molecule has 0 saturated heterocycles. The number of amides is 2. The minimum absolute atomic E-state index is 0.198. The van der Waals surface area contributed by atoms with Crippen LogP contribution in [0.5, 0.6) is 23.0 Å². The molecule has 3 aromatic rings. The minimum atomic E-state index is -0.406. The number of nitrogens with zero attached hydrogens (tertiary/aromatic N) is 2. The summed E-state index contributed by atoms with van der Waals surface area (Å²) in [6.07, 6.45) is 0. The molecule has 0 spiro atoms. The Morgan fingerprint density at radius 1 is 1.03 bits per heavy atom. The molecule has 39 heavy (non-hydrogen) atoms. The quantitative estimate of drug-likeness (QED) is 0.501. The second-order valence-electron chi connectivity index (χ2n) is 9.19. The molecular weight excluding hydrogens is 522 g/mol. The first-order valence-corrected chi connectivity index (χ1v) is 12.9. The Balaban J connectivity index is 1.61. The molecule has 3 aromatic carbocycles. The summed E-state index contributed by atoms with van der Waals surface area (Å²) in [5, 5.41) is 3.27. The topological polar surface area (TPSA) is 89.6 Å². The van der Waals surface area contributed by atoms with Gasteiger partial charge in [-0.2, -0.15) is 0 Å². The van der Waals surface area contributed by atoms with E-state index in [1.54, 1.807) is 55.6 Å². The second-order valence-corrected chi connectivity index (χ2v) is 9.63. The number of benzene rings is 3. The van der Waals surface area contributed by atoms with Gasteiger partial charge in [0.05, 0.1) is 26.0 Å². The summed E-state index contributed by atoms with van der Waals surface area (Å²) in [6.45, 7) is 1.40. The molecule has 1 aliphatic rings. The van der Waals surface area contributed by atoms with E-state index in [0.29, 0.717) is 52.4 Å². The molecule has 0 fully saturated rings. The zero-order valence-electron chi connectivity index (χ0n) is 22.2. The van der Waals surface area contributed by atoms with Gasteiger partial charge in [0, 0.05) is 29.2 Å². The number of carbonyl (C=O) groups excluding carboxylic acids is 2. The molecule has 0 atom stereocenters. The molecule has 2 amide bonds. The number of hydrogen-bond donors (Lipinski definition) is 1. The van der Waals surface area contributed by atoms with E-state index in [9.17, 15) is 9.59 Å². The highest BCUT2D eigenvalue weighted by atomic mass is 35.5. The van der Waals surface area contributed by atoms with Gasteiger partial charge in [-0.15, -0.1) is 0 Å². The van der Waals surface area contributed by atoms with Gasteiger partial charge in [0.2, 0.25) is 5.91 Å². The summed E-state index contributed by atoms with van der Waals surface area (Å²) in [6, 6.07) is 17.4. The number of halogens is 1. The SMILES string of the molecule is COc1ccc(C(=O)N2CCOCCOc3ccccc3Oc3ccc(Cl)cc3NC(=O)C2)cc1CN(C)C. The first-order chi connectivity index (χ1) is 18.8. The number of ether oxygens (including phenoxy) is 4. The number of nitrogens with one attached hydrogen (secondary N) is 1. The standard InChI is InChI=1S/C29H32ClN3O6/c1-32(2)18-21-16-20(8-10-24(21)36-3)29(35)33-12-13-37-14-15-38-26-6-4-5-7-27(26)39-25-11-9-22(30)17-23(25)31-28(34)19-33/h4-11,16-17H,12-15,18-19H2,1-3H3,(H,31,34). The number of para-hydroxylation sites is 2. The summed E-state index contributed by atoms with van der Waals surface area (Å²) < 4.78 is 23.2. The lowest BCUT2D eigenvalue weighted by atomic mass is 10.1. The normalized spacial score (nSPS) is 14.6. The summed E-state index contributed by atoms with van der Waals surface area (Å²) in [4.78, 5) is 30.2. The van der Waals surface area contributed by atoms with Crippen LogP contribution in [0.25, 0.3) is 0 Å². The fourth-order valence-corrected chi connectivity index (χ4v) is 4.29. The number of hydrogen-bond acceptors (Lipinski definition) is 7. The van der Waals surface area contributed by atoms with E-state index in [1.165, 1.54) is 4.90 Å². The van der Waals surface area contributed by atoms with Crippen LogP contribution >= 0.6 is 11.6 Å². The smallest absolute Gasteiger partial charge is 0.254 e. The van der Waals surface area contributed by atoms with E-state index in [0.717, 1.165) is 5.56 Å². The van der Waals surface area contributed by atoms with Gasteiger partial charge >= 0.3 is 0 Å². The van der Waals surface area contributed by atoms with E-state index in [4.69, 9.17) is 30.5 Å². The first kappa shape index (κ1) is 28.2. The van der Waals surface area contributed by atoms with Crippen molar-refractivity contribution in [1.82, 2.24) is 9.80 Å². The molecule has 0 unspecified atom stereocenters. The highest BCUT2D eigenvalue weighted by Gasteiger charge is 2.22. The largest absolute Gasteiger partial charge is 0.496 e. The van der Waals surface area contributed by atoms with Gasteiger partial charge in [-0.1, -0.05) is 23.7 Å². The number of methoxy groups -OCH3 is 1. The molecule has 1 heterocycles. The summed E-state index contributed by atoms with van der Waals surface area (Å²) >= 11 is 6.23. The van der Waals surface area contributed by atoms with Gasteiger partial charge in [-0.25, -0.2) is 0 Å². The maximum absolute atomic E-state index is 13.6. The average molecular weight is 554 g/mol. The van der Waals surface area contributed by atoms with Crippen LogP contribution in [-0.4, -0.2) is 75.7 Å². The lowest BCUT2D eigenvalue weighted by Crippen LogP contribution is -2.40. The Labute approximate surface area is 233 Å². The number of carbonyl (C=O) groups is 2. The molecule has 0 bridgehead atoms. The van der Waals surface area contributed by atoms with Gasteiger partial charge in [0.15, 0.2) is 17.2 Å².